The van der Waals surface area contributed by atoms with Crippen LogP contribution in [0, 0.1) is 17.8 Å². The molecule has 0 fully saturated rings. The first-order valence-electron chi connectivity index (χ1n) is 11.7. The zero-order valence-electron chi connectivity index (χ0n) is 20.4. The molecule has 32 heavy (non-hydrogen) atoms. The summed E-state index contributed by atoms with van der Waals surface area (Å²) in [5.41, 5.74) is 6.30. The maximum Gasteiger partial charge on any atom is 0.140 e. The summed E-state index contributed by atoms with van der Waals surface area (Å²) in [5, 5.41) is 4.89. The van der Waals surface area contributed by atoms with Gasteiger partial charge in [0.15, 0.2) is 0 Å². The molecule has 5 rings (SSSR count). The maximum atomic E-state index is 6.90. The van der Waals surface area contributed by atoms with Crippen molar-refractivity contribution in [1.29, 1.82) is 0 Å². The molecule has 0 radical (unpaired) electrons. The van der Waals surface area contributed by atoms with Crippen LogP contribution in [0.25, 0.3) is 32.8 Å². The summed E-state index contributed by atoms with van der Waals surface area (Å²) >= 11 is 0. The molecule has 2 heterocycles. The van der Waals surface area contributed by atoms with Gasteiger partial charge in [-0.3, -0.25) is 4.98 Å². The van der Waals surface area contributed by atoms with Gasteiger partial charge in [0.25, 0.3) is 0 Å². The average Bonchev–Trinajstić information content (AvgIpc) is 2.68. The Balaban J connectivity index is 1.86. The Hall–Kier alpha value is -2.87. The molecule has 0 bridgehead atoms. The van der Waals surface area contributed by atoms with Gasteiger partial charge >= 0.3 is 0 Å². The summed E-state index contributed by atoms with van der Waals surface area (Å²) < 4.78 is 6.90. The summed E-state index contributed by atoms with van der Waals surface area (Å²) in [4.78, 5) is 4.90. The van der Waals surface area contributed by atoms with Gasteiger partial charge in [-0.15, -0.1) is 0 Å². The van der Waals surface area contributed by atoms with Gasteiger partial charge in [0, 0.05) is 17.3 Å². The largest absolute Gasteiger partial charge is 0.455 e. The Bertz CT molecular complexity index is 1370. The first kappa shape index (κ1) is 21.0. The van der Waals surface area contributed by atoms with Gasteiger partial charge in [-0.1, -0.05) is 77.4 Å². The second kappa shape index (κ2) is 7.07. The molecule has 2 heteroatoms. The number of aryl methyl sites for hydroxylation is 1. The SMILES string of the molecule is Cc1ccc2c(CC(C)(C)C)c3c(cc2c1)-c1nccc2ccc(CC(C)(C)C)c(c12)O3. The van der Waals surface area contributed by atoms with Gasteiger partial charge in [0.2, 0.25) is 0 Å². The Labute approximate surface area is 191 Å². The van der Waals surface area contributed by atoms with Crippen molar-refractivity contribution >= 4 is 21.5 Å². The van der Waals surface area contributed by atoms with Gasteiger partial charge in [-0.2, -0.15) is 0 Å². The summed E-state index contributed by atoms with van der Waals surface area (Å²) in [6.45, 7) is 15.9. The normalized spacial score (nSPS) is 13.3. The van der Waals surface area contributed by atoms with Crippen molar-refractivity contribution < 1.29 is 4.74 Å². The van der Waals surface area contributed by atoms with E-state index >= 15 is 0 Å². The molecule has 0 spiro atoms. The molecule has 1 aliphatic heterocycles. The lowest BCUT2D eigenvalue weighted by Crippen LogP contribution is -2.14. The van der Waals surface area contributed by atoms with E-state index in [-0.39, 0.29) is 10.8 Å². The van der Waals surface area contributed by atoms with E-state index < -0.39 is 0 Å². The van der Waals surface area contributed by atoms with Crippen molar-refractivity contribution in [2.24, 2.45) is 10.8 Å². The van der Waals surface area contributed by atoms with E-state index in [1.165, 1.54) is 32.8 Å². The van der Waals surface area contributed by atoms with Crippen LogP contribution in [-0.4, -0.2) is 4.98 Å². The molecule has 1 aromatic heterocycles. The van der Waals surface area contributed by atoms with E-state index in [9.17, 15) is 0 Å². The lowest BCUT2D eigenvalue weighted by atomic mass is 9.82. The Morgan fingerprint density at radius 2 is 1.53 bits per heavy atom. The molecule has 1 aliphatic rings. The minimum atomic E-state index is 0.140. The van der Waals surface area contributed by atoms with Crippen LogP contribution in [0.15, 0.2) is 48.7 Å². The number of ether oxygens (including phenoxy) is 1. The first-order valence-corrected chi connectivity index (χ1v) is 11.7. The second-order valence-corrected chi connectivity index (χ2v) is 11.8. The number of benzene rings is 3. The van der Waals surface area contributed by atoms with Crippen LogP contribution in [0.3, 0.4) is 0 Å². The van der Waals surface area contributed by atoms with Crippen molar-refractivity contribution in [2.45, 2.75) is 61.3 Å². The van der Waals surface area contributed by atoms with Gasteiger partial charge in [-0.05, 0) is 64.5 Å². The van der Waals surface area contributed by atoms with Crippen LogP contribution in [0.1, 0.15) is 58.2 Å². The fourth-order valence-corrected chi connectivity index (χ4v) is 4.99. The number of nitrogens with zero attached hydrogens (tertiary/aromatic N) is 1. The van der Waals surface area contributed by atoms with Crippen LogP contribution in [-0.2, 0) is 12.8 Å². The van der Waals surface area contributed by atoms with Gasteiger partial charge in [-0.25, -0.2) is 0 Å². The predicted octanol–water partition coefficient (Wildman–Crippen LogP) is 8.65. The van der Waals surface area contributed by atoms with Gasteiger partial charge in [0.05, 0.1) is 11.1 Å². The van der Waals surface area contributed by atoms with E-state index in [0.29, 0.717) is 0 Å². The fourth-order valence-electron chi connectivity index (χ4n) is 4.99. The summed E-state index contributed by atoms with van der Waals surface area (Å²) in [5.74, 6) is 1.99. The van der Waals surface area contributed by atoms with Crippen molar-refractivity contribution in [3.05, 3.63) is 65.4 Å². The van der Waals surface area contributed by atoms with Crippen molar-refractivity contribution in [2.75, 3.05) is 0 Å². The third-order valence-electron chi connectivity index (χ3n) is 6.20. The molecule has 0 saturated heterocycles. The van der Waals surface area contributed by atoms with Crippen LogP contribution in [0.4, 0.5) is 0 Å². The minimum absolute atomic E-state index is 0.140. The zero-order chi connectivity index (χ0) is 22.8. The molecule has 164 valence electrons. The molecule has 0 atom stereocenters. The number of pyridine rings is 1. The molecule has 3 aromatic carbocycles. The van der Waals surface area contributed by atoms with Crippen LogP contribution < -0.4 is 4.74 Å². The van der Waals surface area contributed by atoms with E-state index in [2.05, 4.69) is 90.9 Å². The number of aromatic nitrogens is 1. The van der Waals surface area contributed by atoms with Crippen LogP contribution in [0.5, 0.6) is 11.5 Å². The lowest BCUT2D eigenvalue weighted by Gasteiger charge is -2.29. The van der Waals surface area contributed by atoms with Crippen molar-refractivity contribution in [3.63, 3.8) is 0 Å². The minimum Gasteiger partial charge on any atom is -0.455 e. The summed E-state index contributed by atoms with van der Waals surface area (Å²) in [6, 6.07) is 15.6. The summed E-state index contributed by atoms with van der Waals surface area (Å²) in [7, 11) is 0. The highest BCUT2D eigenvalue weighted by Crippen LogP contribution is 2.51. The van der Waals surface area contributed by atoms with Crippen LogP contribution in [0.2, 0.25) is 0 Å². The third kappa shape index (κ3) is 3.66. The Morgan fingerprint density at radius 3 is 2.25 bits per heavy atom. The maximum absolute atomic E-state index is 6.90. The molecule has 4 aromatic rings. The molecule has 0 unspecified atom stereocenters. The topological polar surface area (TPSA) is 22.1 Å². The Kier molecular flexibility index (Phi) is 4.64. The fraction of sp³-hybridized carbons (Fsp3) is 0.367. The molecule has 0 aliphatic carbocycles. The molecule has 2 nitrogen and oxygen atoms in total. The lowest BCUT2D eigenvalue weighted by molar-refractivity contribution is 0.389. The smallest absolute Gasteiger partial charge is 0.140 e. The quantitative estimate of drug-likeness (QED) is 0.283. The highest BCUT2D eigenvalue weighted by molar-refractivity contribution is 6.06. The number of fused-ring (bicyclic) bond motifs is 3. The molecule has 0 saturated carbocycles. The average molecular weight is 424 g/mol. The molecule has 0 N–H and O–H groups in total. The second-order valence-electron chi connectivity index (χ2n) is 11.8. The van der Waals surface area contributed by atoms with Crippen molar-refractivity contribution in [3.8, 4) is 22.8 Å². The van der Waals surface area contributed by atoms with E-state index in [1.807, 2.05) is 6.20 Å². The molecule has 0 amide bonds. The molecular formula is C30H33NO. The van der Waals surface area contributed by atoms with Gasteiger partial charge < -0.3 is 4.74 Å². The van der Waals surface area contributed by atoms with Crippen LogP contribution >= 0.6 is 0 Å². The first-order chi connectivity index (χ1) is 15.0. The van der Waals surface area contributed by atoms with E-state index in [1.54, 1.807) is 0 Å². The number of hydrogen-bond acceptors (Lipinski definition) is 2. The highest BCUT2D eigenvalue weighted by Gasteiger charge is 2.29. The highest BCUT2D eigenvalue weighted by atomic mass is 16.5. The monoisotopic (exact) mass is 423 g/mol. The van der Waals surface area contributed by atoms with Crippen molar-refractivity contribution in [1.82, 2.24) is 4.98 Å². The standard InChI is InChI=1S/C30H33NO/c1-18-8-11-22-21(14-18)15-23-26-25-19(12-13-31-26)9-10-20(16-29(2,3)4)27(25)32-28(23)24(22)17-30(5,6)7/h8-15H,16-17H2,1-7H3. The molecular weight excluding hydrogens is 390 g/mol. The van der Waals surface area contributed by atoms with E-state index in [4.69, 9.17) is 9.72 Å². The summed E-state index contributed by atoms with van der Waals surface area (Å²) in [6.07, 6.45) is 3.84. The zero-order valence-corrected chi connectivity index (χ0v) is 20.4. The third-order valence-corrected chi connectivity index (χ3v) is 6.20. The van der Waals surface area contributed by atoms with E-state index in [0.717, 1.165) is 41.0 Å². The number of hydrogen-bond donors (Lipinski definition) is 0. The number of rotatable bonds is 2. The van der Waals surface area contributed by atoms with Gasteiger partial charge in [0.1, 0.15) is 11.5 Å². The Morgan fingerprint density at radius 1 is 0.781 bits per heavy atom. The predicted molar refractivity (Wildman–Crippen MR) is 136 cm³/mol.